The number of nitrogens with one attached hydrogen (secondary N) is 1. The summed E-state index contributed by atoms with van der Waals surface area (Å²) in [6.07, 6.45) is 2.47. The lowest BCUT2D eigenvalue weighted by Crippen LogP contribution is -2.42. The smallest absolute Gasteiger partial charge is 0.211 e. The first-order chi connectivity index (χ1) is 8.72. The number of methoxy groups -OCH3 is 1. The van der Waals surface area contributed by atoms with Crippen LogP contribution in [0, 0.1) is 0 Å². The molecule has 1 N–H and O–H groups in total. The van der Waals surface area contributed by atoms with E-state index in [0.717, 1.165) is 18.1 Å². The van der Waals surface area contributed by atoms with Gasteiger partial charge in [-0.3, -0.25) is 0 Å². The maximum atomic E-state index is 5.21. The maximum absolute atomic E-state index is 5.21. The van der Waals surface area contributed by atoms with Gasteiger partial charge in [0.05, 0.1) is 12.8 Å². The molecule has 5 heteroatoms. The third-order valence-corrected chi connectivity index (χ3v) is 3.70. The van der Waals surface area contributed by atoms with E-state index in [4.69, 9.17) is 4.74 Å². The van der Waals surface area contributed by atoms with Gasteiger partial charge in [0.15, 0.2) is 0 Å². The van der Waals surface area contributed by atoms with Gasteiger partial charge in [-0.25, -0.2) is 4.68 Å². The van der Waals surface area contributed by atoms with E-state index in [-0.39, 0.29) is 0 Å². The van der Waals surface area contributed by atoms with Crippen molar-refractivity contribution < 1.29 is 4.74 Å². The fraction of sp³-hybridized carbons (Fsp3) is 0.769. The summed E-state index contributed by atoms with van der Waals surface area (Å²) in [4.78, 5) is 2.50. The summed E-state index contributed by atoms with van der Waals surface area (Å²) in [6, 6.07) is 2.62. The van der Waals surface area contributed by atoms with Crippen LogP contribution in [0.25, 0.3) is 0 Å². The van der Waals surface area contributed by atoms with E-state index in [1.54, 1.807) is 11.8 Å². The minimum absolute atomic E-state index is 0.626. The fourth-order valence-corrected chi connectivity index (χ4v) is 2.49. The van der Waals surface area contributed by atoms with Crippen molar-refractivity contribution in [3.63, 3.8) is 0 Å². The molecule has 1 aromatic heterocycles. The molecule has 1 aromatic rings. The van der Waals surface area contributed by atoms with Crippen molar-refractivity contribution in [2.75, 3.05) is 26.7 Å². The third-order valence-electron chi connectivity index (χ3n) is 3.70. The molecule has 0 unspecified atom stereocenters. The topological polar surface area (TPSA) is 42.3 Å². The average molecular weight is 252 g/mol. The van der Waals surface area contributed by atoms with Gasteiger partial charge in [-0.2, -0.15) is 5.10 Å². The summed E-state index contributed by atoms with van der Waals surface area (Å²) in [6.45, 7) is 6.64. The molecule has 0 spiro atoms. The second kappa shape index (κ2) is 6.20. The summed E-state index contributed by atoms with van der Waals surface area (Å²) in [5.74, 6) is 0.813. The highest BCUT2D eigenvalue weighted by Gasteiger charge is 2.17. The first-order valence-electron chi connectivity index (χ1n) is 6.75. The lowest BCUT2D eigenvalue weighted by Gasteiger charge is -2.31. The highest BCUT2D eigenvalue weighted by Crippen LogP contribution is 2.13. The predicted octanol–water partition coefficient (Wildman–Crippen LogP) is 1.00. The van der Waals surface area contributed by atoms with E-state index < -0.39 is 0 Å². The Morgan fingerprint density at radius 1 is 1.44 bits per heavy atom. The van der Waals surface area contributed by atoms with Crippen molar-refractivity contribution in [1.82, 2.24) is 20.0 Å². The van der Waals surface area contributed by atoms with Gasteiger partial charge in [0.2, 0.25) is 5.88 Å². The van der Waals surface area contributed by atoms with E-state index in [9.17, 15) is 0 Å². The second-order valence-electron chi connectivity index (χ2n) is 4.89. The Bertz CT molecular complexity index is 369. The monoisotopic (exact) mass is 252 g/mol. The van der Waals surface area contributed by atoms with Gasteiger partial charge < -0.3 is 15.0 Å². The molecule has 2 rings (SSSR count). The molecule has 0 atom stereocenters. The SMILES string of the molecule is CCN1CCC(NCc2cc(OC)n(C)n2)CC1. The molecule has 0 radical (unpaired) electrons. The molecule has 0 saturated carbocycles. The highest BCUT2D eigenvalue weighted by molar-refractivity contribution is 5.15. The van der Waals surface area contributed by atoms with Gasteiger partial charge in [-0.05, 0) is 32.5 Å². The number of hydrogen-bond acceptors (Lipinski definition) is 4. The molecule has 18 heavy (non-hydrogen) atoms. The number of aryl methyl sites for hydroxylation is 1. The van der Waals surface area contributed by atoms with Gasteiger partial charge >= 0.3 is 0 Å². The minimum Gasteiger partial charge on any atom is -0.481 e. The van der Waals surface area contributed by atoms with Crippen LogP contribution in [0.1, 0.15) is 25.5 Å². The predicted molar refractivity (Wildman–Crippen MR) is 71.7 cm³/mol. The summed E-state index contributed by atoms with van der Waals surface area (Å²) < 4.78 is 6.99. The van der Waals surface area contributed by atoms with Crippen LogP contribution < -0.4 is 10.1 Å². The normalized spacial score (nSPS) is 18.2. The number of aromatic nitrogens is 2. The van der Waals surface area contributed by atoms with Crippen LogP contribution in [0.15, 0.2) is 6.07 Å². The molecule has 2 heterocycles. The Balaban J connectivity index is 1.77. The van der Waals surface area contributed by atoms with Gasteiger partial charge in [0.1, 0.15) is 0 Å². The van der Waals surface area contributed by atoms with Crippen LogP contribution >= 0.6 is 0 Å². The number of piperidine rings is 1. The zero-order valence-electron chi connectivity index (χ0n) is 11.6. The van der Waals surface area contributed by atoms with Crippen molar-refractivity contribution in [3.05, 3.63) is 11.8 Å². The molecule has 1 fully saturated rings. The van der Waals surface area contributed by atoms with Crippen molar-refractivity contribution in [1.29, 1.82) is 0 Å². The standard InChI is InChI=1S/C13H24N4O/c1-4-17-7-5-11(6-8-17)14-10-12-9-13(18-3)16(2)15-12/h9,11,14H,4-8,10H2,1-3H3. The van der Waals surface area contributed by atoms with E-state index >= 15 is 0 Å². The highest BCUT2D eigenvalue weighted by atomic mass is 16.5. The zero-order chi connectivity index (χ0) is 13.0. The van der Waals surface area contributed by atoms with Gasteiger partial charge in [0.25, 0.3) is 0 Å². The number of nitrogens with zero attached hydrogens (tertiary/aromatic N) is 3. The number of ether oxygens (including phenoxy) is 1. The van der Waals surface area contributed by atoms with E-state index in [0.29, 0.717) is 6.04 Å². The van der Waals surface area contributed by atoms with Crippen molar-refractivity contribution in [2.45, 2.75) is 32.4 Å². The summed E-state index contributed by atoms with van der Waals surface area (Å²) in [5.41, 5.74) is 1.05. The molecule has 1 saturated heterocycles. The lowest BCUT2D eigenvalue weighted by atomic mass is 10.1. The molecular formula is C13H24N4O. The molecule has 0 aromatic carbocycles. The Morgan fingerprint density at radius 3 is 2.72 bits per heavy atom. The summed E-state index contributed by atoms with van der Waals surface area (Å²) in [7, 11) is 3.58. The molecule has 0 aliphatic carbocycles. The van der Waals surface area contributed by atoms with Crippen LogP contribution in [-0.4, -0.2) is 47.5 Å². The maximum Gasteiger partial charge on any atom is 0.211 e. The molecular weight excluding hydrogens is 228 g/mol. The van der Waals surface area contributed by atoms with E-state index in [2.05, 4.69) is 22.2 Å². The molecule has 1 aliphatic rings. The largest absolute Gasteiger partial charge is 0.481 e. The van der Waals surface area contributed by atoms with Crippen molar-refractivity contribution in [3.8, 4) is 5.88 Å². The van der Waals surface area contributed by atoms with Crippen LogP contribution in [-0.2, 0) is 13.6 Å². The molecule has 0 amide bonds. The summed E-state index contributed by atoms with van der Waals surface area (Å²) in [5, 5.41) is 8.00. The third kappa shape index (κ3) is 3.23. The van der Waals surface area contributed by atoms with E-state index in [1.165, 1.54) is 32.5 Å². The fourth-order valence-electron chi connectivity index (χ4n) is 2.49. The number of hydrogen-bond donors (Lipinski definition) is 1. The van der Waals surface area contributed by atoms with Crippen LogP contribution in [0.2, 0.25) is 0 Å². The van der Waals surface area contributed by atoms with Crippen molar-refractivity contribution in [2.24, 2.45) is 7.05 Å². The van der Waals surface area contributed by atoms with Crippen LogP contribution in [0.4, 0.5) is 0 Å². The molecule has 102 valence electrons. The first kappa shape index (κ1) is 13.4. The Labute approximate surface area is 109 Å². The van der Waals surface area contributed by atoms with Crippen LogP contribution in [0.5, 0.6) is 5.88 Å². The van der Waals surface area contributed by atoms with Crippen molar-refractivity contribution >= 4 is 0 Å². The number of rotatable bonds is 5. The Hall–Kier alpha value is -1.07. The van der Waals surface area contributed by atoms with E-state index in [1.807, 2.05) is 13.1 Å². The number of likely N-dealkylation sites (tertiary alicyclic amines) is 1. The lowest BCUT2D eigenvalue weighted by molar-refractivity contribution is 0.205. The molecule has 1 aliphatic heterocycles. The zero-order valence-corrected chi connectivity index (χ0v) is 11.6. The second-order valence-corrected chi connectivity index (χ2v) is 4.89. The first-order valence-corrected chi connectivity index (χ1v) is 6.75. The van der Waals surface area contributed by atoms with Crippen LogP contribution in [0.3, 0.4) is 0 Å². The Morgan fingerprint density at radius 2 is 2.17 bits per heavy atom. The van der Waals surface area contributed by atoms with Gasteiger partial charge in [-0.15, -0.1) is 0 Å². The van der Waals surface area contributed by atoms with Gasteiger partial charge in [-0.1, -0.05) is 6.92 Å². The quantitative estimate of drug-likeness (QED) is 0.849. The Kier molecular flexibility index (Phi) is 4.60. The molecule has 5 nitrogen and oxygen atoms in total. The van der Waals surface area contributed by atoms with Gasteiger partial charge in [0, 0.05) is 25.7 Å². The summed E-state index contributed by atoms with van der Waals surface area (Å²) >= 11 is 0. The average Bonchev–Trinajstić information content (AvgIpc) is 2.77. The minimum atomic E-state index is 0.626. The molecule has 0 bridgehead atoms.